The lowest BCUT2D eigenvalue weighted by atomic mass is 9.93. The SMILES string of the molecule is CCOC(=O)CC1CCN(c2ccnc(C(C)(C)C)n2)CC1. The topological polar surface area (TPSA) is 55.3 Å². The maximum Gasteiger partial charge on any atom is 0.306 e. The Labute approximate surface area is 133 Å². The standard InChI is InChI=1S/C17H27N3O2/c1-5-22-15(21)12-13-7-10-20(11-8-13)14-6-9-18-16(19-14)17(2,3)4/h6,9,13H,5,7-8,10-12H2,1-4H3. The van der Waals surface area contributed by atoms with E-state index in [2.05, 4.69) is 30.7 Å². The van der Waals surface area contributed by atoms with Crippen LogP contribution in [0, 0.1) is 5.92 Å². The first-order valence-corrected chi connectivity index (χ1v) is 8.14. The number of carbonyl (C=O) groups is 1. The van der Waals surface area contributed by atoms with E-state index in [9.17, 15) is 4.79 Å². The Balaban J connectivity index is 1.93. The highest BCUT2D eigenvalue weighted by Crippen LogP contribution is 2.26. The van der Waals surface area contributed by atoms with Crippen molar-refractivity contribution in [1.29, 1.82) is 0 Å². The second kappa shape index (κ2) is 7.07. The molecule has 0 aliphatic carbocycles. The first-order valence-electron chi connectivity index (χ1n) is 8.14. The van der Waals surface area contributed by atoms with E-state index in [1.165, 1.54) is 0 Å². The Kier molecular flexibility index (Phi) is 5.37. The van der Waals surface area contributed by atoms with Crippen LogP contribution in [0.15, 0.2) is 12.3 Å². The van der Waals surface area contributed by atoms with E-state index in [1.54, 1.807) is 0 Å². The van der Waals surface area contributed by atoms with Gasteiger partial charge in [-0.2, -0.15) is 0 Å². The van der Waals surface area contributed by atoms with Crippen molar-refractivity contribution in [2.75, 3.05) is 24.6 Å². The van der Waals surface area contributed by atoms with Crippen LogP contribution in [0.4, 0.5) is 5.82 Å². The number of nitrogens with zero attached hydrogens (tertiary/aromatic N) is 3. The number of anilines is 1. The Bertz CT molecular complexity index is 503. The van der Waals surface area contributed by atoms with Crippen LogP contribution in [0.5, 0.6) is 0 Å². The highest BCUT2D eigenvalue weighted by Gasteiger charge is 2.24. The number of piperidine rings is 1. The minimum atomic E-state index is -0.0713. The molecule has 1 aliphatic heterocycles. The molecule has 1 aliphatic rings. The summed E-state index contributed by atoms with van der Waals surface area (Å²) in [5.41, 5.74) is -0.0434. The van der Waals surface area contributed by atoms with Crippen molar-refractivity contribution in [2.45, 2.75) is 52.4 Å². The lowest BCUT2D eigenvalue weighted by molar-refractivity contribution is -0.144. The fourth-order valence-corrected chi connectivity index (χ4v) is 2.71. The normalized spacial score (nSPS) is 16.6. The quantitative estimate of drug-likeness (QED) is 0.801. The summed E-state index contributed by atoms with van der Waals surface area (Å²) < 4.78 is 5.04. The molecule has 1 aromatic rings. The van der Waals surface area contributed by atoms with Crippen molar-refractivity contribution < 1.29 is 9.53 Å². The van der Waals surface area contributed by atoms with E-state index in [-0.39, 0.29) is 11.4 Å². The maximum atomic E-state index is 11.6. The molecule has 0 aromatic carbocycles. The van der Waals surface area contributed by atoms with Crippen molar-refractivity contribution in [3.05, 3.63) is 18.1 Å². The highest BCUT2D eigenvalue weighted by molar-refractivity contribution is 5.69. The average Bonchev–Trinajstić information content (AvgIpc) is 2.47. The lowest BCUT2D eigenvalue weighted by Gasteiger charge is -2.33. The van der Waals surface area contributed by atoms with Gasteiger partial charge < -0.3 is 9.64 Å². The van der Waals surface area contributed by atoms with Crippen LogP contribution in [-0.2, 0) is 14.9 Å². The number of ether oxygens (including phenoxy) is 1. The van der Waals surface area contributed by atoms with Gasteiger partial charge in [0.2, 0.25) is 0 Å². The molecule has 2 rings (SSSR count). The van der Waals surface area contributed by atoms with E-state index >= 15 is 0 Å². The molecule has 0 bridgehead atoms. The van der Waals surface area contributed by atoms with Gasteiger partial charge >= 0.3 is 5.97 Å². The van der Waals surface area contributed by atoms with E-state index in [0.29, 0.717) is 18.9 Å². The van der Waals surface area contributed by atoms with E-state index in [4.69, 9.17) is 9.72 Å². The predicted molar refractivity (Wildman–Crippen MR) is 86.9 cm³/mol. The van der Waals surface area contributed by atoms with Gasteiger partial charge in [0, 0.05) is 31.1 Å². The van der Waals surface area contributed by atoms with Crippen LogP contribution in [0.1, 0.15) is 52.8 Å². The van der Waals surface area contributed by atoms with Gasteiger partial charge in [0.1, 0.15) is 11.6 Å². The minimum absolute atomic E-state index is 0.0434. The van der Waals surface area contributed by atoms with Crippen molar-refractivity contribution in [3.63, 3.8) is 0 Å². The van der Waals surface area contributed by atoms with Crippen LogP contribution in [0.25, 0.3) is 0 Å². The number of hydrogen-bond donors (Lipinski definition) is 0. The summed E-state index contributed by atoms with van der Waals surface area (Å²) >= 11 is 0. The molecule has 5 heteroatoms. The van der Waals surface area contributed by atoms with Gasteiger partial charge in [-0.05, 0) is 31.7 Å². The number of hydrogen-bond acceptors (Lipinski definition) is 5. The molecular formula is C17H27N3O2. The molecule has 0 amide bonds. The summed E-state index contributed by atoms with van der Waals surface area (Å²) in [4.78, 5) is 22.9. The Morgan fingerprint density at radius 2 is 2.05 bits per heavy atom. The molecule has 1 aromatic heterocycles. The van der Waals surface area contributed by atoms with Gasteiger partial charge in [0.25, 0.3) is 0 Å². The second-order valence-electron chi connectivity index (χ2n) is 6.93. The molecular weight excluding hydrogens is 278 g/mol. The zero-order valence-corrected chi connectivity index (χ0v) is 14.1. The third kappa shape index (κ3) is 4.42. The molecule has 1 fully saturated rings. The predicted octanol–water partition coefficient (Wildman–Crippen LogP) is 2.94. The van der Waals surface area contributed by atoms with Gasteiger partial charge in [0.15, 0.2) is 0 Å². The van der Waals surface area contributed by atoms with Crippen molar-refractivity contribution in [2.24, 2.45) is 5.92 Å². The molecule has 0 saturated carbocycles. The third-order valence-electron chi connectivity index (χ3n) is 4.01. The minimum Gasteiger partial charge on any atom is -0.466 e. The fraction of sp³-hybridized carbons (Fsp3) is 0.706. The summed E-state index contributed by atoms with van der Waals surface area (Å²) in [7, 11) is 0. The smallest absolute Gasteiger partial charge is 0.306 e. The second-order valence-corrected chi connectivity index (χ2v) is 6.93. The first-order chi connectivity index (χ1) is 10.4. The van der Waals surface area contributed by atoms with Crippen LogP contribution in [0.3, 0.4) is 0 Å². The summed E-state index contributed by atoms with van der Waals surface area (Å²) in [5, 5.41) is 0. The van der Waals surface area contributed by atoms with E-state index in [0.717, 1.165) is 37.6 Å². The lowest BCUT2D eigenvalue weighted by Crippen LogP contribution is -2.35. The molecule has 0 radical (unpaired) electrons. The van der Waals surface area contributed by atoms with Gasteiger partial charge in [-0.25, -0.2) is 9.97 Å². The van der Waals surface area contributed by atoms with Gasteiger partial charge in [-0.1, -0.05) is 20.8 Å². The van der Waals surface area contributed by atoms with Crippen LogP contribution >= 0.6 is 0 Å². The Hall–Kier alpha value is -1.65. The van der Waals surface area contributed by atoms with Crippen molar-refractivity contribution in [1.82, 2.24) is 9.97 Å². The van der Waals surface area contributed by atoms with E-state index in [1.807, 2.05) is 19.2 Å². The summed E-state index contributed by atoms with van der Waals surface area (Å²) in [5.74, 6) is 2.23. The molecule has 5 nitrogen and oxygen atoms in total. The van der Waals surface area contributed by atoms with Crippen LogP contribution in [-0.4, -0.2) is 35.6 Å². The zero-order valence-electron chi connectivity index (χ0n) is 14.1. The molecule has 2 heterocycles. The maximum absolute atomic E-state index is 11.6. The summed E-state index contributed by atoms with van der Waals surface area (Å²) in [6.07, 6.45) is 4.40. The average molecular weight is 305 g/mol. The molecule has 1 saturated heterocycles. The number of rotatable bonds is 4. The first kappa shape index (κ1) is 16.7. The van der Waals surface area contributed by atoms with Crippen molar-refractivity contribution in [3.8, 4) is 0 Å². The molecule has 22 heavy (non-hydrogen) atoms. The Morgan fingerprint density at radius 3 is 2.64 bits per heavy atom. The molecule has 0 atom stereocenters. The number of aromatic nitrogens is 2. The van der Waals surface area contributed by atoms with Crippen LogP contribution < -0.4 is 4.90 Å². The summed E-state index contributed by atoms with van der Waals surface area (Å²) in [6.45, 7) is 10.6. The Morgan fingerprint density at radius 1 is 1.36 bits per heavy atom. The highest BCUT2D eigenvalue weighted by atomic mass is 16.5. The molecule has 0 N–H and O–H groups in total. The zero-order chi connectivity index (χ0) is 16.2. The molecule has 122 valence electrons. The number of carbonyl (C=O) groups excluding carboxylic acids is 1. The number of esters is 1. The fourth-order valence-electron chi connectivity index (χ4n) is 2.71. The van der Waals surface area contributed by atoms with Crippen LogP contribution in [0.2, 0.25) is 0 Å². The monoisotopic (exact) mass is 305 g/mol. The van der Waals surface area contributed by atoms with E-state index < -0.39 is 0 Å². The molecule has 0 spiro atoms. The van der Waals surface area contributed by atoms with Gasteiger partial charge in [-0.15, -0.1) is 0 Å². The third-order valence-corrected chi connectivity index (χ3v) is 4.01. The summed E-state index contributed by atoms with van der Waals surface area (Å²) in [6, 6.07) is 1.97. The van der Waals surface area contributed by atoms with Crippen molar-refractivity contribution >= 4 is 11.8 Å². The largest absolute Gasteiger partial charge is 0.466 e. The van der Waals surface area contributed by atoms with Gasteiger partial charge in [0.05, 0.1) is 6.61 Å². The van der Waals surface area contributed by atoms with Gasteiger partial charge in [-0.3, -0.25) is 4.79 Å². The molecule has 0 unspecified atom stereocenters.